The lowest BCUT2D eigenvalue weighted by Gasteiger charge is -2.09. The summed E-state index contributed by atoms with van der Waals surface area (Å²) >= 11 is 3.17. The lowest BCUT2D eigenvalue weighted by atomic mass is 10.2. The van der Waals surface area contributed by atoms with Crippen LogP contribution in [0.4, 0.5) is 4.39 Å². The summed E-state index contributed by atoms with van der Waals surface area (Å²) < 4.78 is 16.9. The fourth-order valence-electron chi connectivity index (χ4n) is 1.93. The van der Waals surface area contributed by atoms with Gasteiger partial charge in [0.1, 0.15) is 5.82 Å². The summed E-state index contributed by atoms with van der Waals surface area (Å²) in [6, 6.07) is 5.88. The molecule has 4 nitrogen and oxygen atoms in total. The molecule has 1 aromatic heterocycles. The van der Waals surface area contributed by atoms with Crippen molar-refractivity contribution in [1.82, 2.24) is 9.13 Å². The summed E-state index contributed by atoms with van der Waals surface area (Å²) in [5, 5.41) is 0. The van der Waals surface area contributed by atoms with E-state index in [0.29, 0.717) is 16.6 Å². The predicted molar refractivity (Wildman–Crippen MR) is 78.5 cm³/mol. The van der Waals surface area contributed by atoms with Crippen LogP contribution in [-0.2, 0) is 13.1 Å². The van der Waals surface area contributed by atoms with Crippen molar-refractivity contribution in [3.63, 3.8) is 0 Å². The first kappa shape index (κ1) is 14.7. The predicted octanol–water partition coefficient (Wildman–Crippen LogP) is 2.37. The van der Waals surface area contributed by atoms with Crippen LogP contribution in [0.25, 0.3) is 0 Å². The summed E-state index contributed by atoms with van der Waals surface area (Å²) in [7, 11) is 0. The van der Waals surface area contributed by atoms with Gasteiger partial charge in [-0.2, -0.15) is 0 Å². The van der Waals surface area contributed by atoms with Gasteiger partial charge in [-0.05, 0) is 18.6 Å². The molecule has 106 valence electrons. The number of hydrogen-bond donors (Lipinski definition) is 0. The molecule has 2 rings (SSSR count). The smallest absolute Gasteiger partial charge is 0.300 e. The van der Waals surface area contributed by atoms with E-state index in [2.05, 4.69) is 15.9 Å². The Morgan fingerprint density at radius 2 is 2.00 bits per heavy atom. The number of aryl methyl sites for hydroxylation is 1. The Balaban J connectivity index is 2.45. The van der Waals surface area contributed by atoms with Crippen molar-refractivity contribution in [3.05, 3.63) is 67.2 Å². The van der Waals surface area contributed by atoms with E-state index in [9.17, 15) is 14.0 Å². The van der Waals surface area contributed by atoms with E-state index < -0.39 is 17.1 Å². The first-order chi connectivity index (χ1) is 9.52. The number of benzene rings is 1. The molecule has 0 aliphatic rings. The number of halogens is 2. The molecule has 0 spiro atoms. The van der Waals surface area contributed by atoms with E-state index in [1.807, 2.05) is 6.92 Å². The van der Waals surface area contributed by atoms with Crippen molar-refractivity contribution < 1.29 is 4.39 Å². The Morgan fingerprint density at radius 3 is 2.65 bits per heavy atom. The highest BCUT2D eigenvalue weighted by Crippen LogP contribution is 2.15. The third-order valence-corrected chi connectivity index (χ3v) is 3.44. The summed E-state index contributed by atoms with van der Waals surface area (Å²) in [5.41, 5.74) is -0.534. The Morgan fingerprint density at radius 1 is 1.25 bits per heavy atom. The Hall–Kier alpha value is -1.69. The lowest BCUT2D eigenvalue weighted by molar-refractivity contribution is 0.551. The van der Waals surface area contributed by atoms with Crippen molar-refractivity contribution in [2.45, 2.75) is 26.4 Å². The highest BCUT2D eigenvalue weighted by atomic mass is 79.9. The molecule has 0 aliphatic carbocycles. The minimum Gasteiger partial charge on any atom is -0.300 e. The average Bonchev–Trinajstić information content (AvgIpc) is 2.40. The van der Waals surface area contributed by atoms with E-state index in [0.717, 1.165) is 11.0 Å². The molecule has 1 heterocycles. The molecular weight excluding hydrogens is 327 g/mol. The van der Waals surface area contributed by atoms with Crippen LogP contribution in [0.3, 0.4) is 0 Å². The number of hydrogen-bond acceptors (Lipinski definition) is 2. The van der Waals surface area contributed by atoms with Gasteiger partial charge in [-0.1, -0.05) is 28.9 Å². The van der Waals surface area contributed by atoms with E-state index in [1.54, 1.807) is 12.1 Å². The van der Waals surface area contributed by atoms with Gasteiger partial charge < -0.3 is 4.57 Å². The zero-order chi connectivity index (χ0) is 14.7. The normalized spacial score (nSPS) is 10.8. The van der Waals surface area contributed by atoms with E-state index in [-0.39, 0.29) is 6.54 Å². The van der Waals surface area contributed by atoms with Gasteiger partial charge in [0, 0.05) is 28.8 Å². The molecule has 6 heteroatoms. The molecule has 0 fully saturated rings. The maximum atomic E-state index is 13.8. The highest BCUT2D eigenvalue weighted by molar-refractivity contribution is 9.10. The summed E-state index contributed by atoms with van der Waals surface area (Å²) in [5.74, 6) is -0.448. The van der Waals surface area contributed by atoms with Crippen LogP contribution in [0.15, 0.2) is 44.5 Å². The van der Waals surface area contributed by atoms with Crippen LogP contribution in [0.2, 0.25) is 0 Å². The first-order valence-corrected chi connectivity index (χ1v) is 7.06. The van der Waals surface area contributed by atoms with Crippen LogP contribution < -0.4 is 11.2 Å². The van der Waals surface area contributed by atoms with Gasteiger partial charge in [0.15, 0.2) is 0 Å². The van der Waals surface area contributed by atoms with E-state index in [4.69, 9.17) is 0 Å². The van der Waals surface area contributed by atoms with Crippen molar-refractivity contribution >= 4 is 15.9 Å². The largest absolute Gasteiger partial charge is 0.331 e. The van der Waals surface area contributed by atoms with E-state index in [1.165, 1.54) is 22.9 Å². The lowest BCUT2D eigenvalue weighted by Crippen LogP contribution is -2.39. The monoisotopic (exact) mass is 340 g/mol. The molecule has 0 N–H and O–H groups in total. The second-order valence-corrected chi connectivity index (χ2v) is 5.37. The third kappa shape index (κ3) is 3.07. The standard InChI is InChI=1S/C14H14BrFN2O2/c1-2-6-17-7-5-13(19)18(14(17)20)9-10-3-4-11(15)8-12(10)16/h3-5,7-8H,2,6,9H2,1H3. The topological polar surface area (TPSA) is 44.0 Å². The number of rotatable bonds is 4. The molecule has 0 unspecified atom stereocenters. The van der Waals surface area contributed by atoms with Crippen LogP contribution in [-0.4, -0.2) is 9.13 Å². The molecular formula is C14H14BrFN2O2. The second kappa shape index (κ2) is 6.17. The van der Waals surface area contributed by atoms with Crippen LogP contribution in [0.1, 0.15) is 18.9 Å². The number of nitrogens with zero attached hydrogens (tertiary/aromatic N) is 2. The maximum Gasteiger partial charge on any atom is 0.331 e. The van der Waals surface area contributed by atoms with Gasteiger partial charge in [0.05, 0.1) is 6.54 Å². The molecule has 0 aliphatic heterocycles. The Labute approximate surface area is 123 Å². The minimum absolute atomic E-state index is 0.0681. The zero-order valence-corrected chi connectivity index (χ0v) is 12.6. The number of aromatic nitrogens is 2. The first-order valence-electron chi connectivity index (χ1n) is 6.27. The van der Waals surface area contributed by atoms with Crippen molar-refractivity contribution in [1.29, 1.82) is 0 Å². The quantitative estimate of drug-likeness (QED) is 0.857. The molecule has 2 aromatic rings. The van der Waals surface area contributed by atoms with Gasteiger partial charge >= 0.3 is 5.69 Å². The van der Waals surface area contributed by atoms with Crippen molar-refractivity contribution in [2.24, 2.45) is 0 Å². The van der Waals surface area contributed by atoms with Gasteiger partial charge in [-0.25, -0.2) is 9.18 Å². The van der Waals surface area contributed by atoms with Crippen LogP contribution in [0, 0.1) is 5.82 Å². The van der Waals surface area contributed by atoms with Crippen molar-refractivity contribution in [3.8, 4) is 0 Å². The van der Waals surface area contributed by atoms with Gasteiger partial charge in [0.2, 0.25) is 0 Å². The molecule has 0 saturated heterocycles. The molecule has 0 bridgehead atoms. The molecule has 0 radical (unpaired) electrons. The van der Waals surface area contributed by atoms with Gasteiger partial charge in [-0.15, -0.1) is 0 Å². The fraction of sp³-hybridized carbons (Fsp3) is 0.286. The Bertz CT molecular complexity index is 737. The summed E-state index contributed by atoms with van der Waals surface area (Å²) in [4.78, 5) is 24.0. The highest BCUT2D eigenvalue weighted by Gasteiger charge is 2.09. The van der Waals surface area contributed by atoms with Crippen LogP contribution in [0.5, 0.6) is 0 Å². The average molecular weight is 341 g/mol. The summed E-state index contributed by atoms with van der Waals surface area (Å²) in [6.07, 6.45) is 2.26. The second-order valence-electron chi connectivity index (χ2n) is 4.45. The summed E-state index contributed by atoms with van der Waals surface area (Å²) in [6.45, 7) is 2.40. The molecule has 0 amide bonds. The minimum atomic E-state index is -0.448. The van der Waals surface area contributed by atoms with Crippen LogP contribution >= 0.6 is 15.9 Å². The zero-order valence-electron chi connectivity index (χ0n) is 11.0. The van der Waals surface area contributed by atoms with E-state index >= 15 is 0 Å². The molecule has 0 atom stereocenters. The SMILES string of the molecule is CCCn1ccc(=O)n(Cc2ccc(Br)cc2F)c1=O. The van der Waals surface area contributed by atoms with Gasteiger partial charge in [-0.3, -0.25) is 9.36 Å². The third-order valence-electron chi connectivity index (χ3n) is 2.95. The van der Waals surface area contributed by atoms with Crippen molar-refractivity contribution in [2.75, 3.05) is 0 Å². The van der Waals surface area contributed by atoms with Gasteiger partial charge in [0.25, 0.3) is 5.56 Å². The molecule has 1 aromatic carbocycles. The fourth-order valence-corrected chi connectivity index (χ4v) is 2.27. The Kier molecular flexibility index (Phi) is 4.54. The molecule has 20 heavy (non-hydrogen) atoms. The molecule has 0 saturated carbocycles. The maximum absolute atomic E-state index is 13.8.